The van der Waals surface area contributed by atoms with Gasteiger partial charge in [-0.2, -0.15) is 0 Å². The first kappa shape index (κ1) is 7.30. The van der Waals surface area contributed by atoms with Gasteiger partial charge in [0.05, 0.1) is 0 Å². The van der Waals surface area contributed by atoms with Crippen LogP contribution < -0.4 is 11.5 Å². The highest BCUT2D eigenvalue weighted by Crippen LogP contribution is 2.28. The third kappa shape index (κ3) is 0.833. The number of carbonyl (C=O) groups is 1. The Morgan fingerprint density at radius 3 is 2.00 bits per heavy atom. The second-order valence-electron chi connectivity index (χ2n) is 2.84. The Bertz CT molecular complexity index is 164. The van der Waals surface area contributed by atoms with Crippen LogP contribution in [0.25, 0.3) is 0 Å². The lowest BCUT2D eigenvalue weighted by Crippen LogP contribution is -2.72. The molecule has 1 saturated heterocycles. The van der Waals surface area contributed by atoms with Gasteiger partial charge >= 0.3 is 12.1 Å². The maximum Gasteiger partial charge on any atom is 0.517 e. The fraction of sp³-hybridized carbons (Fsp3) is 0.800. The molecule has 5 heteroatoms. The Balaban J connectivity index is 2.65. The number of carbonyl (C=O) groups excluding carboxylic acids is 1. The van der Waals surface area contributed by atoms with Crippen molar-refractivity contribution in [3.63, 3.8) is 0 Å². The van der Waals surface area contributed by atoms with Crippen LogP contribution in [0.4, 0.5) is 4.79 Å². The topological polar surface area (TPSA) is 87.6 Å². The third-order valence-electron chi connectivity index (χ3n) is 1.37. The lowest BCUT2D eigenvalue weighted by Gasteiger charge is -2.43. The first-order valence-electron chi connectivity index (χ1n) is 2.85. The standard InChI is InChI=1S/C5H10N2O3/c1-4(2,6)5(7)9-3(8)10-5/h6-7H2,1-2H3. The first-order valence-corrected chi connectivity index (χ1v) is 2.85. The Labute approximate surface area is 58.3 Å². The van der Waals surface area contributed by atoms with Crippen LogP contribution in [0.5, 0.6) is 0 Å². The molecule has 0 aromatic rings. The van der Waals surface area contributed by atoms with Crippen LogP contribution in [0.15, 0.2) is 0 Å². The molecule has 1 aliphatic heterocycles. The molecule has 0 amide bonds. The van der Waals surface area contributed by atoms with Crippen molar-refractivity contribution in [1.82, 2.24) is 0 Å². The fourth-order valence-corrected chi connectivity index (χ4v) is 0.518. The highest BCUT2D eigenvalue weighted by Gasteiger charge is 2.55. The third-order valence-corrected chi connectivity index (χ3v) is 1.37. The van der Waals surface area contributed by atoms with Gasteiger partial charge in [-0.1, -0.05) is 0 Å². The van der Waals surface area contributed by atoms with Crippen LogP contribution in [0.1, 0.15) is 13.8 Å². The molecule has 0 spiro atoms. The van der Waals surface area contributed by atoms with Crippen LogP contribution in [0.2, 0.25) is 0 Å². The molecule has 4 N–H and O–H groups in total. The smallest absolute Gasteiger partial charge is 0.375 e. The average molecular weight is 146 g/mol. The summed E-state index contributed by atoms with van der Waals surface area (Å²) in [5.41, 5.74) is 10.0. The monoisotopic (exact) mass is 146 g/mol. The van der Waals surface area contributed by atoms with Crippen molar-refractivity contribution in [3.05, 3.63) is 0 Å². The van der Waals surface area contributed by atoms with E-state index in [9.17, 15) is 4.79 Å². The molecule has 5 nitrogen and oxygen atoms in total. The highest BCUT2D eigenvalue weighted by molar-refractivity contribution is 5.66. The van der Waals surface area contributed by atoms with Crippen LogP contribution in [0, 0.1) is 0 Å². The van der Waals surface area contributed by atoms with E-state index in [1.54, 1.807) is 13.8 Å². The van der Waals surface area contributed by atoms with Gasteiger partial charge in [-0.3, -0.25) is 5.73 Å². The molecular weight excluding hydrogens is 136 g/mol. The maximum absolute atomic E-state index is 10.2. The summed E-state index contributed by atoms with van der Waals surface area (Å²) >= 11 is 0. The summed E-state index contributed by atoms with van der Waals surface area (Å²) in [5.74, 6) is -1.44. The Kier molecular flexibility index (Phi) is 1.18. The molecule has 1 rings (SSSR count). The second-order valence-corrected chi connectivity index (χ2v) is 2.84. The number of nitrogens with two attached hydrogens (primary N) is 2. The Hall–Kier alpha value is -0.810. The lowest BCUT2D eigenvalue weighted by atomic mass is 10.0. The van der Waals surface area contributed by atoms with E-state index in [1.807, 2.05) is 0 Å². The van der Waals surface area contributed by atoms with E-state index in [2.05, 4.69) is 9.47 Å². The molecule has 0 aromatic carbocycles. The summed E-state index contributed by atoms with van der Waals surface area (Å²) in [6, 6.07) is 0. The number of cyclic esters (lactones) is 2. The SMILES string of the molecule is CC(C)(N)C1(N)OC(=O)O1. The van der Waals surface area contributed by atoms with Gasteiger partial charge in [-0.25, -0.2) is 4.79 Å². The molecule has 0 aromatic heterocycles. The maximum atomic E-state index is 10.2. The van der Waals surface area contributed by atoms with Crippen molar-refractivity contribution in [2.24, 2.45) is 11.5 Å². The molecule has 0 radical (unpaired) electrons. The van der Waals surface area contributed by atoms with E-state index < -0.39 is 17.6 Å². The van der Waals surface area contributed by atoms with Crippen LogP contribution in [-0.4, -0.2) is 17.6 Å². The summed E-state index contributed by atoms with van der Waals surface area (Å²) in [5, 5.41) is 0. The van der Waals surface area contributed by atoms with Gasteiger partial charge in [0, 0.05) is 0 Å². The van der Waals surface area contributed by atoms with Crippen molar-refractivity contribution in [1.29, 1.82) is 0 Å². The average Bonchev–Trinajstić information content (AvgIpc) is 1.58. The number of hydrogen-bond acceptors (Lipinski definition) is 5. The van der Waals surface area contributed by atoms with Crippen molar-refractivity contribution in [2.75, 3.05) is 0 Å². The largest absolute Gasteiger partial charge is 0.517 e. The molecule has 0 aliphatic carbocycles. The fourth-order valence-electron chi connectivity index (χ4n) is 0.518. The summed E-state index contributed by atoms with van der Waals surface area (Å²) in [6.45, 7) is 3.22. The zero-order valence-electron chi connectivity index (χ0n) is 5.88. The van der Waals surface area contributed by atoms with Crippen molar-refractivity contribution < 1.29 is 14.3 Å². The van der Waals surface area contributed by atoms with Gasteiger partial charge in [-0.15, -0.1) is 0 Å². The van der Waals surface area contributed by atoms with Crippen LogP contribution in [0.3, 0.4) is 0 Å². The van der Waals surface area contributed by atoms with Gasteiger partial charge in [-0.05, 0) is 13.8 Å². The van der Waals surface area contributed by atoms with Gasteiger partial charge < -0.3 is 15.2 Å². The van der Waals surface area contributed by atoms with E-state index in [-0.39, 0.29) is 0 Å². The molecule has 1 heterocycles. The molecular formula is C5H10N2O3. The lowest BCUT2D eigenvalue weighted by molar-refractivity contribution is -0.295. The molecule has 0 saturated carbocycles. The van der Waals surface area contributed by atoms with Crippen LogP contribution in [-0.2, 0) is 9.47 Å². The van der Waals surface area contributed by atoms with E-state index in [1.165, 1.54) is 0 Å². The van der Waals surface area contributed by atoms with Gasteiger partial charge in [0.1, 0.15) is 5.54 Å². The van der Waals surface area contributed by atoms with Crippen LogP contribution >= 0.6 is 0 Å². The van der Waals surface area contributed by atoms with Crippen molar-refractivity contribution >= 4 is 6.16 Å². The number of rotatable bonds is 1. The van der Waals surface area contributed by atoms with Crippen molar-refractivity contribution in [2.45, 2.75) is 25.3 Å². The van der Waals surface area contributed by atoms with Gasteiger partial charge in [0.25, 0.3) is 0 Å². The zero-order chi connectivity index (χ0) is 7.99. The van der Waals surface area contributed by atoms with Crippen molar-refractivity contribution in [3.8, 4) is 0 Å². The minimum absolute atomic E-state index is 0.777. The van der Waals surface area contributed by atoms with E-state index in [0.29, 0.717) is 0 Å². The number of hydrogen-bond donors (Lipinski definition) is 2. The van der Waals surface area contributed by atoms with E-state index in [0.717, 1.165) is 0 Å². The normalized spacial score (nSPS) is 22.6. The second kappa shape index (κ2) is 1.62. The summed E-state index contributed by atoms with van der Waals surface area (Å²) in [4.78, 5) is 10.2. The van der Waals surface area contributed by atoms with E-state index in [4.69, 9.17) is 11.5 Å². The summed E-state index contributed by atoms with van der Waals surface area (Å²) in [6.07, 6.45) is -0.777. The Morgan fingerprint density at radius 1 is 1.50 bits per heavy atom. The Morgan fingerprint density at radius 2 is 1.90 bits per heavy atom. The highest BCUT2D eigenvalue weighted by atomic mass is 16.9. The predicted molar refractivity (Wildman–Crippen MR) is 32.8 cm³/mol. The molecule has 58 valence electrons. The zero-order valence-corrected chi connectivity index (χ0v) is 5.88. The molecule has 0 atom stereocenters. The molecule has 10 heavy (non-hydrogen) atoms. The molecule has 1 aliphatic rings. The molecule has 0 bridgehead atoms. The summed E-state index contributed by atoms with van der Waals surface area (Å²) in [7, 11) is 0. The molecule has 0 unspecified atom stereocenters. The van der Waals surface area contributed by atoms with Gasteiger partial charge in [0.2, 0.25) is 0 Å². The quantitative estimate of drug-likeness (QED) is 0.487. The summed E-state index contributed by atoms with van der Waals surface area (Å²) < 4.78 is 8.97. The molecule has 1 fully saturated rings. The minimum atomic E-state index is -1.44. The van der Waals surface area contributed by atoms with Gasteiger partial charge in [0.15, 0.2) is 0 Å². The number of ether oxygens (including phenoxy) is 2. The van der Waals surface area contributed by atoms with E-state index >= 15 is 0 Å². The first-order chi connectivity index (χ1) is 4.35. The predicted octanol–water partition coefficient (Wildman–Crippen LogP) is -0.497. The minimum Gasteiger partial charge on any atom is -0.375 e.